The maximum Gasteiger partial charge on any atom is 0.0360 e. The van der Waals surface area contributed by atoms with Crippen LogP contribution < -0.4 is 5.32 Å². The molecule has 0 aromatic heterocycles. The van der Waals surface area contributed by atoms with Gasteiger partial charge in [0.25, 0.3) is 0 Å². The van der Waals surface area contributed by atoms with Gasteiger partial charge >= 0.3 is 0 Å². The van der Waals surface area contributed by atoms with Gasteiger partial charge < -0.3 is 5.32 Å². The molecule has 1 rings (SSSR count). The molecule has 0 saturated heterocycles. The molecule has 0 amide bonds. The summed E-state index contributed by atoms with van der Waals surface area (Å²) < 4.78 is 11.5. The van der Waals surface area contributed by atoms with Gasteiger partial charge in [0.1, 0.15) is 0 Å². The molecule has 0 aliphatic heterocycles. The molecule has 0 aliphatic rings. The molecule has 0 saturated carbocycles. The molecule has 0 aliphatic carbocycles. The van der Waals surface area contributed by atoms with E-state index in [4.69, 9.17) is 0 Å². The first-order valence-electron chi connectivity index (χ1n) is 7.41. The monoisotopic (exact) mass is 281 g/mol. The fourth-order valence-corrected chi connectivity index (χ4v) is 2.80. The second-order valence-electron chi connectivity index (χ2n) is 4.85. The summed E-state index contributed by atoms with van der Waals surface area (Å²) in [6.07, 6.45) is 4.95. The Kier molecular flexibility index (Phi) is 8.76. The summed E-state index contributed by atoms with van der Waals surface area (Å²) in [5.74, 6) is 1.52. The second kappa shape index (κ2) is 10.2. The van der Waals surface area contributed by atoms with Crippen LogP contribution in [0, 0.1) is 0 Å². The van der Waals surface area contributed by atoms with Crippen molar-refractivity contribution in [2.45, 2.75) is 45.6 Å². The number of benzene rings is 1. The molecule has 0 fully saturated rings. The standard InChI is InChI=1S/C16H27NOS/c1-3-5-7-12-16(15-10-8-6-9-11-15)17-13-14-19(18)4-2/h6,8-11,16-17H,3-5,7,12-14H2,1-2H3. The summed E-state index contributed by atoms with van der Waals surface area (Å²) in [4.78, 5) is 0. The fourth-order valence-electron chi connectivity index (χ4n) is 2.16. The first-order chi connectivity index (χ1) is 9.27. The van der Waals surface area contributed by atoms with Crippen LogP contribution in [0.4, 0.5) is 0 Å². The lowest BCUT2D eigenvalue weighted by Crippen LogP contribution is -2.26. The summed E-state index contributed by atoms with van der Waals surface area (Å²) in [6.45, 7) is 5.05. The Morgan fingerprint density at radius 3 is 2.53 bits per heavy atom. The zero-order valence-corrected chi connectivity index (χ0v) is 13.0. The largest absolute Gasteiger partial charge is 0.309 e. The van der Waals surface area contributed by atoms with Crippen LogP contribution >= 0.6 is 0 Å². The first kappa shape index (κ1) is 16.4. The van der Waals surface area contributed by atoms with Gasteiger partial charge in [-0.2, -0.15) is 0 Å². The number of hydrogen-bond donors (Lipinski definition) is 1. The molecule has 108 valence electrons. The molecule has 1 aromatic rings. The molecule has 1 N–H and O–H groups in total. The SMILES string of the molecule is CCCCCC(NCCS(=O)CC)c1ccccc1. The third-order valence-electron chi connectivity index (χ3n) is 3.34. The van der Waals surface area contributed by atoms with Crippen LogP contribution in [0.25, 0.3) is 0 Å². The predicted octanol–water partition coefficient (Wildman–Crippen LogP) is 3.67. The van der Waals surface area contributed by atoms with E-state index in [0.29, 0.717) is 6.04 Å². The summed E-state index contributed by atoms with van der Waals surface area (Å²) in [6, 6.07) is 11.0. The minimum atomic E-state index is -0.670. The highest BCUT2D eigenvalue weighted by Gasteiger charge is 2.10. The molecule has 19 heavy (non-hydrogen) atoms. The Balaban J connectivity index is 2.47. The van der Waals surface area contributed by atoms with Crippen molar-refractivity contribution in [3.63, 3.8) is 0 Å². The van der Waals surface area contributed by atoms with Crippen LogP contribution in [-0.4, -0.2) is 22.3 Å². The Labute approximate surface area is 120 Å². The van der Waals surface area contributed by atoms with E-state index in [0.717, 1.165) is 24.5 Å². The maximum atomic E-state index is 11.5. The van der Waals surface area contributed by atoms with E-state index in [1.54, 1.807) is 0 Å². The van der Waals surface area contributed by atoms with Crippen molar-refractivity contribution in [3.8, 4) is 0 Å². The second-order valence-corrected chi connectivity index (χ2v) is 6.71. The number of hydrogen-bond acceptors (Lipinski definition) is 2. The zero-order valence-electron chi connectivity index (χ0n) is 12.2. The van der Waals surface area contributed by atoms with Crippen LogP contribution in [0.15, 0.2) is 30.3 Å². The van der Waals surface area contributed by atoms with E-state index in [-0.39, 0.29) is 0 Å². The Hall–Kier alpha value is -0.670. The lowest BCUT2D eigenvalue weighted by Gasteiger charge is -2.19. The van der Waals surface area contributed by atoms with Crippen molar-refractivity contribution in [2.24, 2.45) is 0 Å². The predicted molar refractivity (Wildman–Crippen MR) is 84.9 cm³/mol. The van der Waals surface area contributed by atoms with Gasteiger partial charge in [0, 0.05) is 34.9 Å². The highest BCUT2D eigenvalue weighted by Crippen LogP contribution is 2.19. The average Bonchev–Trinajstić information content (AvgIpc) is 2.46. The highest BCUT2D eigenvalue weighted by molar-refractivity contribution is 7.84. The van der Waals surface area contributed by atoms with Crippen LogP contribution in [0.1, 0.15) is 51.1 Å². The van der Waals surface area contributed by atoms with Gasteiger partial charge in [-0.3, -0.25) is 4.21 Å². The number of nitrogens with one attached hydrogen (secondary N) is 1. The van der Waals surface area contributed by atoms with Crippen molar-refractivity contribution >= 4 is 10.8 Å². The summed E-state index contributed by atoms with van der Waals surface area (Å²) in [5.41, 5.74) is 1.35. The summed E-state index contributed by atoms with van der Waals surface area (Å²) in [7, 11) is -0.670. The van der Waals surface area contributed by atoms with Gasteiger partial charge in [-0.25, -0.2) is 0 Å². The Morgan fingerprint density at radius 1 is 1.16 bits per heavy atom. The Bertz CT molecular complexity index is 353. The van der Waals surface area contributed by atoms with Gasteiger partial charge in [-0.15, -0.1) is 0 Å². The molecular formula is C16H27NOS. The first-order valence-corrected chi connectivity index (χ1v) is 8.90. The van der Waals surface area contributed by atoms with Gasteiger partial charge in [-0.05, 0) is 12.0 Å². The van der Waals surface area contributed by atoms with E-state index in [2.05, 4.69) is 42.6 Å². The summed E-state index contributed by atoms with van der Waals surface area (Å²) in [5, 5.41) is 3.57. The molecule has 0 radical (unpaired) electrons. The molecule has 3 heteroatoms. The van der Waals surface area contributed by atoms with Crippen LogP contribution in [0.2, 0.25) is 0 Å². The topological polar surface area (TPSA) is 29.1 Å². The number of unbranched alkanes of at least 4 members (excludes halogenated alkanes) is 2. The maximum absolute atomic E-state index is 11.5. The van der Waals surface area contributed by atoms with E-state index < -0.39 is 10.8 Å². The van der Waals surface area contributed by atoms with E-state index in [9.17, 15) is 4.21 Å². The molecule has 2 unspecified atom stereocenters. The van der Waals surface area contributed by atoms with Gasteiger partial charge in [0.2, 0.25) is 0 Å². The summed E-state index contributed by atoms with van der Waals surface area (Å²) >= 11 is 0. The third-order valence-corrected chi connectivity index (χ3v) is 4.64. The molecule has 2 nitrogen and oxygen atoms in total. The number of rotatable bonds is 10. The molecular weight excluding hydrogens is 254 g/mol. The van der Waals surface area contributed by atoms with Crippen molar-refractivity contribution in [1.29, 1.82) is 0 Å². The van der Waals surface area contributed by atoms with Crippen molar-refractivity contribution in [1.82, 2.24) is 5.32 Å². The smallest absolute Gasteiger partial charge is 0.0360 e. The van der Waals surface area contributed by atoms with Crippen LogP contribution in [0.3, 0.4) is 0 Å². The third kappa shape index (κ3) is 6.88. The van der Waals surface area contributed by atoms with E-state index in [1.807, 2.05) is 6.92 Å². The minimum absolute atomic E-state index is 0.404. The van der Waals surface area contributed by atoms with Crippen LogP contribution in [-0.2, 0) is 10.8 Å². The van der Waals surface area contributed by atoms with Crippen molar-refractivity contribution < 1.29 is 4.21 Å². The fraction of sp³-hybridized carbons (Fsp3) is 0.625. The minimum Gasteiger partial charge on any atom is -0.309 e. The quantitative estimate of drug-likeness (QED) is 0.663. The van der Waals surface area contributed by atoms with Crippen molar-refractivity contribution in [2.75, 3.05) is 18.1 Å². The molecule has 0 heterocycles. The highest BCUT2D eigenvalue weighted by atomic mass is 32.2. The normalized spacial score (nSPS) is 14.2. The Morgan fingerprint density at radius 2 is 1.89 bits per heavy atom. The van der Waals surface area contributed by atoms with E-state index in [1.165, 1.54) is 24.8 Å². The molecule has 2 atom stereocenters. The van der Waals surface area contributed by atoms with Gasteiger partial charge in [0.15, 0.2) is 0 Å². The van der Waals surface area contributed by atoms with Crippen molar-refractivity contribution in [3.05, 3.63) is 35.9 Å². The van der Waals surface area contributed by atoms with Gasteiger partial charge in [-0.1, -0.05) is 63.4 Å². The lowest BCUT2D eigenvalue weighted by atomic mass is 10.0. The molecule has 0 spiro atoms. The zero-order chi connectivity index (χ0) is 13.9. The van der Waals surface area contributed by atoms with Gasteiger partial charge in [0.05, 0.1) is 0 Å². The lowest BCUT2D eigenvalue weighted by molar-refractivity contribution is 0.487. The average molecular weight is 281 g/mol. The molecule has 0 bridgehead atoms. The van der Waals surface area contributed by atoms with Crippen LogP contribution in [0.5, 0.6) is 0 Å². The van der Waals surface area contributed by atoms with E-state index >= 15 is 0 Å². The molecule has 1 aromatic carbocycles.